The second kappa shape index (κ2) is 8.37. The summed E-state index contributed by atoms with van der Waals surface area (Å²) < 4.78 is 81.7. The number of carbonyl (C=O) groups excluding carboxylic acids is 1. The van der Waals surface area contributed by atoms with Crippen molar-refractivity contribution in [1.29, 1.82) is 0 Å². The van der Waals surface area contributed by atoms with Crippen molar-refractivity contribution < 1.29 is 35.9 Å². The van der Waals surface area contributed by atoms with Gasteiger partial charge in [0, 0.05) is 6.04 Å². The van der Waals surface area contributed by atoms with Gasteiger partial charge in [-0.15, -0.1) is 0 Å². The van der Waals surface area contributed by atoms with E-state index in [2.05, 4.69) is 5.32 Å². The van der Waals surface area contributed by atoms with Crippen LogP contribution in [0.1, 0.15) is 36.8 Å². The number of hydrogen-bond donors (Lipinski definition) is 2. The summed E-state index contributed by atoms with van der Waals surface area (Å²) in [5.41, 5.74) is 2.98. The molecule has 2 unspecified atom stereocenters. The Morgan fingerprint density at radius 2 is 1.59 bits per heavy atom. The Morgan fingerprint density at radius 1 is 1.04 bits per heavy atom. The van der Waals surface area contributed by atoms with Gasteiger partial charge in [-0.05, 0) is 31.0 Å². The summed E-state index contributed by atoms with van der Waals surface area (Å²) in [4.78, 5) is 12.0. The highest BCUT2D eigenvalue weighted by atomic mass is 19.4. The van der Waals surface area contributed by atoms with E-state index in [-0.39, 0.29) is 37.1 Å². The van der Waals surface area contributed by atoms with Crippen LogP contribution in [0.2, 0.25) is 0 Å². The highest BCUT2D eigenvalue weighted by molar-refractivity contribution is 5.79. The van der Waals surface area contributed by atoms with Crippen molar-refractivity contribution in [1.82, 2.24) is 5.32 Å². The molecule has 0 aromatic heterocycles. The van der Waals surface area contributed by atoms with Crippen molar-refractivity contribution in [3.05, 3.63) is 29.3 Å². The SMILES string of the molecule is NC1CCCCC1C(=O)NCCOc1cc(C(F)(F)F)cc(C(F)(F)F)c1. The summed E-state index contributed by atoms with van der Waals surface area (Å²) in [7, 11) is 0. The maximum absolute atomic E-state index is 12.8. The Labute approximate surface area is 152 Å². The van der Waals surface area contributed by atoms with Crippen LogP contribution in [-0.2, 0) is 17.1 Å². The van der Waals surface area contributed by atoms with Crippen molar-refractivity contribution in [2.45, 2.75) is 44.1 Å². The summed E-state index contributed by atoms with van der Waals surface area (Å²) in [6.45, 7) is -0.327. The van der Waals surface area contributed by atoms with Crippen LogP contribution in [0.3, 0.4) is 0 Å². The Bertz CT molecular complexity index is 628. The lowest BCUT2D eigenvalue weighted by Crippen LogP contribution is -2.44. The Kier molecular flexibility index (Phi) is 6.61. The molecule has 1 aromatic rings. The normalized spacial score (nSPS) is 21.0. The lowest BCUT2D eigenvalue weighted by atomic mass is 9.84. The fraction of sp³-hybridized carbons (Fsp3) is 0.588. The van der Waals surface area contributed by atoms with Gasteiger partial charge in [-0.1, -0.05) is 12.8 Å². The van der Waals surface area contributed by atoms with E-state index in [4.69, 9.17) is 10.5 Å². The molecule has 1 amide bonds. The molecule has 10 heteroatoms. The minimum atomic E-state index is -4.94. The molecule has 3 N–H and O–H groups in total. The van der Waals surface area contributed by atoms with Gasteiger partial charge in [0.15, 0.2) is 0 Å². The Balaban J connectivity index is 1.96. The van der Waals surface area contributed by atoms with Crippen molar-refractivity contribution >= 4 is 5.91 Å². The maximum atomic E-state index is 12.8. The van der Waals surface area contributed by atoms with Crippen LogP contribution in [0.15, 0.2) is 18.2 Å². The molecule has 2 atom stereocenters. The van der Waals surface area contributed by atoms with E-state index in [1.165, 1.54) is 0 Å². The molecule has 27 heavy (non-hydrogen) atoms. The van der Waals surface area contributed by atoms with Gasteiger partial charge < -0.3 is 15.8 Å². The quantitative estimate of drug-likeness (QED) is 0.587. The molecule has 0 bridgehead atoms. The zero-order valence-corrected chi connectivity index (χ0v) is 14.3. The number of hydrogen-bond acceptors (Lipinski definition) is 3. The molecule has 0 radical (unpaired) electrons. The number of nitrogens with two attached hydrogens (primary N) is 1. The molecule has 4 nitrogen and oxygen atoms in total. The number of carbonyl (C=O) groups is 1. The monoisotopic (exact) mass is 398 g/mol. The summed E-state index contributed by atoms with van der Waals surface area (Å²) in [6.07, 6.45) is -6.66. The number of halogens is 6. The average Bonchev–Trinajstić information content (AvgIpc) is 2.57. The first kappa shape index (κ1) is 21.3. The minimum absolute atomic E-state index is 0.0269. The molecule has 0 aliphatic heterocycles. The second-order valence-corrected chi connectivity index (χ2v) is 6.44. The predicted octanol–water partition coefficient (Wildman–Crippen LogP) is 3.74. The molecule has 1 aliphatic rings. The first-order chi connectivity index (χ1) is 12.5. The van der Waals surface area contributed by atoms with Crippen LogP contribution in [0.25, 0.3) is 0 Å². The maximum Gasteiger partial charge on any atom is 0.416 e. The third-order valence-electron chi connectivity index (χ3n) is 4.39. The number of benzene rings is 1. The Hall–Kier alpha value is -1.97. The van der Waals surface area contributed by atoms with Gasteiger partial charge in [0.05, 0.1) is 23.6 Å². The molecule has 1 aliphatic carbocycles. The van der Waals surface area contributed by atoms with Crippen molar-refractivity contribution in [2.75, 3.05) is 13.2 Å². The van der Waals surface area contributed by atoms with E-state index in [0.29, 0.717) is 18.6 Å². The topological polar surface area (TPSA) is 64.4 Å². The summed E-state index contributed by atoms with van der Waals surface area (Å²) in [5.74, 6) is -1.20. The molecule has 1 aromatic carbocycles. The molecule has 0 saturated heterocycles. The molecular weight excluding hydrogens is 378 g/mol. The van der Waals surface area contributed by atoms with Crippen LogP contribution in [0, 0.1) is 5.92 Å². The first-order valence-electron chi connectivity index (χ1n) is 8.44. The van der Waals surface area contributed by atoms with Gasteiger partial charge in [-0.3, -0.25) is 4.79 Å². The molecular formula is C17H20F6N2O2. The number of ether oxygens (including phenoxy) is 1. The van der Waals surface area contributed by atoms with E-state index in [1.54, 1.807) is 0 Å². The molecule has 1 fully saturated rings. The predicted molar refractivity (Wildman–Crippen MR) is 84.9 cm³/mol. The summed E-state index contributed by atoms with van der Waals surface area (Å²) in [6, 6.07) is 0.763. The zero-order valence-electron chi connectivity index (χ0n) is 14.3. The fourth-order valence-corrected chi connectivity index (χ4v) is 2.97. The molecule has 2 rings (SSSR count). The van der Waals surface area contributed by atoms with Crippen LogP contribution < -0.4 is 15.8 Å². The number of amides is 1. The number of alkyl halides is 6. The van der Waals surface area contributed by atoms with E-state index in [9.17, 15) is 31.1 Å². The van der Waals surface area contributed by atoms with Crippen LogP contribution in [0.4, 0.5) is 26.3 Å². The minimum Gasteiger partial charge on any atom is -0.492 e. The van der Waals surface area contributed by atoms with Gasteiger partial charge in [0.1, 0.15) is 12.4 Å². The van der Waals surface area contributed by atoms with Crippen molar-refractivity contribution in [2.24, 2.45) is 11.7 Å². The number of nitrogens with one attached hydrogen (secondary N) is 1. The van der Waals surface area contributed by atoms with E-state index in [0.717, 1.165) is 19.3 Å². The van der Waals surface area contributed by atoms with Gasteiger partial charge in [-0.2, -0.15) is 26.3 Å². The van der Waals surface area contributed by atoms with Gasteiger partial charge in [0.2, 0.25) is 5.91 Å². The van der Waals surface area contributed by atoms with Gasteiger partial charge >= 0.3 is 12.4 Å². The number of rotatable bonds is 5. The molecule has 1 saturated carbocycles. The second-order valence-electron chi connectivity index (χ2n) is 6.44. The first-order valence-corrected chi connectivity index (χ1v) is 8.44. The highest BCUT2D eigenvalue weighted by Crippen LogP contribution is 2.38. The third-order valence-corrected chi connectivity index (χ3v) is 4.39. The summed E-state index contributed by atoms with van der Waals surface area (Å²) in [5, 5.41) is 2.55. The van der Waals surface area contributed by atoms with Gasteiger partial charge in [0.25, 0.3) is 0 Å². The van der Waals surface area contributed by atoms with E-state index in [1.807, 2.05) is 0 Å². The lowest BCUT2D eigenvalue weighted by molar-refractivity contribution is -0.143. The van der Waals surface area contributed by atoms with Crippen molar-refractivity contribution in [3.63, 3.8) is 0 Å². The molecule has 152 valence electrons. The zero-order chi connectivity index (χ0) is 20.2. The molecule has 0 heterocycles. The van der Waals surface area contributed by atoms with Crippen LogP contribution >= 0.6 is 0 Å². The van der Waals surface area contributed by atoms with Gasteiger partial charge in [-0.25, -0.2) is 0 Å². The van der Waals surface area contributed by atoms with Crippen LogP contribution in [0.5, 0.6) is 5.75 Å². The lowest BCUT2D eigenvalue weighted by Gasteiger charge is -2.27. The largest absolute Gasteiger partial charge is 0.492 e. The van der Waals surface area contributed by atoms with Crippen LogP contribution in [-0.4, -0.2) is 25.1 Å². The average molecular weight is 398 g/mol. The third kappa shape index (κ3) is 6.02. The Morgan fingerprint density at radius 3 is 2.11 bits per heavy atom. The fourth-order valence-electron chi connectivity index (χ4n) is 2.97. The van der Waals surface area contributed by atoms with E-state index < -0.39 is 29.2 Å². The highest BCUT2D eigenvalue weighted by Gasteiger charge is 2.37. The standard InChI is InChI=1S/C17H20F6N2O2/c18-16(19,20)10-7-11(17(21,22)23)9-12(8-10)27-6-5-25-15(26)13-3-1-2-4-14(13)24/h7-9,13-14H,1-6,24H2,(H,25,26). The molecule has 0 spiro atoms. The van der Waals surface area contributed by atoms with Crippen molar-refractivity contribution in [3.8, 4) is 5.75 Å². The summed E-state index contributed by atoms with van der Waals surface area (Å²) >= 11 is 0. The van der Waals surface area contributed by atoms with E-state index >= 15 is 0 Å². The smallest absolute Gasteiger partial charge is 0.416 e.